The zero-order valence-electron chi connectivity index (χ0n) is 11.1. The van der Waals surface area contributed by atoms with Crippen molar-refractivity contribution in [3.05, 3.63) is 35.4 Å². The summed E-state index contributed by atoms with van der Waals surface area (Å²) in [6.45, 7) is 4.90. The van der Waals surface area contributed by atoms with Crippen LogP contribution in [0.25, 0.3) is 0 Å². The van der Waals surface area contributed by atoms with Crippen molar-refractivity contribution in [2.45, 2.75) is 13.5 Å². The second-order valence-corrected chi connectivity index (χ2v) is 3.89. The van der Waals surface area contributed by atoms with Crippen molar-refractivity contribution in [3.63, 3.8) is 0 Å². The summed E-state index contributed by atoms with van der Waals surface area (Å²) in [5.74, 6) is 1.85. The lowest BCUT2D eigenvalue weighted by Crippen LogP contribution is -2.18. The van der Waals surface area contributed by atoms with Crippen LogP contribution in [0.4, 0.5) is 0 Å². The van der Waals surface area contributed by atoms with E-state index in [2.05, 4.69) is 11.2 Å². The Kier molecular flexibility index (Phi) is 7.33. The zero-order chi connectivity index (χ0) is 13.9. The molecule has 0 saturated carbocycles. The average molecular weight is 261 g/mol. The van der Waals surface area contributed by atoms with Crippen LogP contribution in [0, 0.1) is 12.3 Å². The van der Waals surface area contributed by atoms with E-state index >= 15 is 0 Å². The molecule has 0 aliphatic heterocycles. The number of hydrogen-bond acceptors (Lipinski definition) is 4. The molecule has 0 unspecified atom stereocenters. The van der Waals surface area contributed by atoms with E-state index in [9.17, 15) is 4.79 Å². The third-order valence-electron chi connectivity index (χ3n) is 2.39. The Morgan fingerprint density at radius 2 is 2.32 bits per heavy atom. The number of terminal acetylenes is 1. The lowest BCUT2D eigenvalue weighted by Gasteiger charge is -2.06. The predicted octanol–water partition coefficient (Wildman–Crippen LogP) is 1.60. The summed E-state index contributed by atoms with van der Waals surface area (Å²) in [6.07, 6.45) is 5.04. The maximum atomic E-state index is 11.6. The van der Waals surface area contributed by atoms with Crippen molar-refractivity contribution >= 4 is 5.97 Å². The van der Waals surface area contributed by atoms with Gasteiger partial charge in [-0.3, -0.25) is 0 Å². The fourth-order valence-electron chi connectivity index (χ4n) is 1.49. The molecule has 0 bridgehead atoms. The van der Waals surface area contributed by atoms with Gasteiger partial charge in [-0.15, -0.1) is 6.42 Å². The highest BCUT2D eigenvalue weighted by molar-refractivity contribution is 5.89. The first-order valence-corrected chi connectivity index (χ1v) is 6.26. The Morgan fingerprint density at radius 1 is 1.47 bits per heavy atom. The van der Waals surface area contributed by atoms with Crippen LogP contribution >= 0.6 is 0 Å². The molecular formula is C15H19NO3. The van der Waals surface area contributed by atoms with E-state index in [0.29, 0.717) is 18.8 Å². The molecule has 1 aromatic rings. The minimum absolute atomic E-state index is 0.0117. The lowest BCUT2D eigenvalue weighted by molar-refractivity contribution is 0.0556. The summed E-state index contributed by atoms with van der Waals surface area (Å²) in [6, 6.07) is 7.16. The Morgan fingerprint density at radius 3 is 3.05 bits per heavy atom. The van der Waals surface area contributed by atoms with Gasteiger partial charge in [-0.25, -0.2) is 4.79 Å². The number of carbonyl (C=O) groups excluding carboxylic acids is 1. The maximum Gasteiger partial charge on any atom is 0.339 e. The topological polar surface area (TPSA) is 47.6 Å². The van der Waals surface area contributed by atoms with Crippen LogP contribution in [0.2, 0.25) is 0 Å². The van der Waals surface area contributed by atoms with Crippen LogP contribution < -0.4 is 5.32 Å². The van der Waals surface area contributed by atoms with Crippen molar-refractivity contribution in [3.8, 4) is 12.3 Å². The highest BCUT2D eigenvalue weighted by atomic mass is 16.5. The fraction of sp³-hybridized carbons (Fsp3) is 0.400. The van der Waals surface area contributed by atoms with E-state index in [0.717, 1.165) is 18.7 Å². The summed E-state index contributed by atoms with van der Waals surface area (Å²) in [5, 5.41) is 3.17. The second-order valence-electron chi connectivity index (χ2n) is 3.89. The van der Waals surface area contributed by atoms with Gasteiger partial charge in [0.25, 0.3) is 0 Å². The molecule has 4 nitrogen and oxygen atoms in total. The van der Waals surface area contributed by atoms with Crippen LogP contribution in [0.5, 0.6) is 0 Å². The van der Waals surface area contributed by atoms with E-state index in [-0.39, 0.29) is 6.61 Å². The molecule has 4 heteroatoms. The van der Waals surface area contributed by atoms with Crippen molar-refractivity contribution in [2.24, 2.45) is 0 Å². The van der Waals surface area contributed by atoms with Gasteiger partial charge in [0, 0.05) is 6.54 Å². The van der Waals surface area contributed by atoms with Gasteiger partial charge in [-0.2, -0.15) is 0 Å². The van der Waals surface area contributed by atoms with Gasteiger partial charge >= 0.3 is 5.97 Å². The number of carbonyl (C=O) groups is 1. The lowest BCUT2D eigenvalue weighted by atomic mass is 10.1. The average Bonchev–Trinajstić information content (AvgIpc) is 2.45. The Balaban J connectivity index is 2.43. The summed E-state index contributed by atoms with van der Waals surface area (Å²) in [7, 11) is 0. The van der Waals surface area contributed by atoms with Gasteiger partial charge in [0.15, 0.2) is 6.61 Å². The molecule has 0 aliphatic carbocycles. The van der Waals surface area contributed by atoms with Gasteiger partial charge in [0.05, 0.1) is 18.8 Å². The number of hydrogen-bond donors (Lipinski definition) is 1. The van der Waals surface area contributed by atoms with E-state index in [4.69, 9.17) is 15.9 Å². The van der Waals surface area contributed by atoms with Crippen molar-refractivity contribution in [1.29, 1.82) is 0 Å². The molecule has 1 rings (SSSR count). The van der Waals surface area contributed by atoms with Gasteiger partial charge in [0.1, 0.15) is 0 Å². The highest BCUT2D eigenvalue weighted by Gasteiger charge is 2.06. The van der Waals surface area contributed by atoms with Crippen LogP contribution in [0.1, 0.15) is 22.8 Å². The van der Waals surface area contributed by atoms with Crippen molar-refractivity contribution < 1.29 is 14.3 Å². The van der Waals surface area contributed by atoms with E-state index in [1.165, 1.54) is 0 Å². The number of likely N-dealkylation sites (N-methyl/N-ethyl adjacent to an activating group) is 1. The fourth-order valence-corrected chi connectivity index (χ4v) is 1.49. The van der Waals surface area contributed by atoms with Gasteiger partial charge in [0.2, 0.25) is 0 Å². The zero-order valence-corrected chi connectivity index (χ0v) is 11.1. The van der Waals surface area contributed by atoms with E-state index in [1.54, 1.807) is 18.2 Å². The smallest absolute Gasteiger partial charge is 0.339 e. The first-order valence-electron chi connectivity index (χ1n) is 6.26. The molecule has 0 saturated heterocycles. The summed E-state index contributed by atoms with van der Waals surface area (Å²) >= 11 is 0. The quantitative estimate of drug-likeness (QED) is 0.439. The van der Waals surface area contributed by atoms with Crippen molar-refractivity contribution in [1.82, 2.24) is 5.32 Å². The Hall–Kier alpha value is -1.83. The molecular weight excluding hydrogens is 242 g/mol. The number of nitrogens with one attached hydrogen (secondary N) is 1. The Bertz CT molecular complexity index is 437. The molecule has 102 valence electrons. The van der Waals surface area contributed by atoms with Crippen LogP contribution in [0.3, 0.4) is 0 Å². The monoisotopic (exact) mass is 261 g/mol. The molecule has 0 fully saturated rings. The van der Waals surface area contributed by atoms with Gasteiger partial charge in [-0.05, 0) is 24.2 Å². The summed E-state index contributed by atoms with van der Waals surface area (Å²) in [4.78, 5) is 11.6. The molecule has 1 N–H and O–H groups in total. The molecule has 0 aliphatic rings. The molecule has 0 aromatic heterocycles. The highest BCUT2D eigenvalue weighted by Crippen LogP contribution is 2.08. The standard InChI is InChI=1S/C15H19NO3/c1-3-9-19-15(17)14-7-5-6-13(11-14)12-18-10-8-16-4-2/h1,5-7,11,16H,4,8-10,12H2,2H3. The predicted molar refractivity (Wildman–Crippen MR) is 73.8 cm³/mol. The molecule has 19 heavy (non-hydrogen) atoms. The molecule has 0 spiro atoms. The summed E-state index contributed by atoms with van der Waals surface area (Å²) < 4.78 is 10.4. The normalized spacial score (nSPS) is 9.89. The molecule has 0 atom stereocenters. The number of esters is 1. The van der Waals surface area contributed by atoms with Gasteiger partial charge in [-0.1, -0.05) is 25.0 Å². The second kappa shape index (κ2) is 9.15. The van der Waals surface area contributed by atoms with Crippen LogP contribution in [-0.4, -0.2) is 32.3 Å². The SMILES string of the molecule is C#CCOC(=O)c1cccc(COCCNCC)c1. The summed E-state index contributed by atoms with van der Waals surface area (Å²) in [5.41, 5.74) is 1.43. The molecule has 1 aromatic carbocycles. The van der Waals surface area contributed by atoms with Crippen LogP contribution in [0.15, 0.2) is 24.3 Å². The van der Waals surface area contributed by atoms with E-state index in [1.807, 2.05) is 13.0 Å². The molecule has 0 radical (unpaired) electrons. The largest absolute Gasteiger partial charge is 0.449 e. The van der Waals surface area contributed by atoms with Gasteiger partial charge < -0.3 is 14.8 Å². The van der Waals surface area contributed by atoms with Crippen molar-refractivity contribution in [2.75, 3.05) is 26.3 Å². The first kappa shape index (κ1) is 15.2. The number of rotatable bonds is 8. The maximum absolute atomic E-state index is 11.6. The molecule has 0 heterocycles. The minimum atomic E-state index is -0.410. The van der Waals surface area contributed by atoms with Crippen LogP contribution in [-0.2, 0) is 16.1 Å². The molecule has 0 amide bonds. The Labute approximate surface area is 114 Å². The minimum Gasteiger partial charge on any atom is -0.449 e. The van der Waals surface area contributed by atoms with E-state index < -0.39 is 5.97 Å². The first-order chi connectivity index (χ1) is 9.27. The third kappa shape index (κ3) is 6.05. The third-order valence-corrected chi connectivity index (χ3v) is 2.39. The number of ether oxygens (including phenoxy) is 2. The number of benzene rings is 1.